The number of ether oxygens (including phenoxy) is 1. The van der Waals surface area contributed by atoms with Gasteiger partial charge in [0.15, 0.2) is 0 Å². The number of carboxylic acid groups (broad SMARTS) is 1. The molecule has 0 atom stereocenters. The van der Waals surface area contributed by atoms with Gasteiger partial charge in [0, 0.05) is 13.2 Å². The van der Waals surface area contributed by atoms with Crippen LogP contribution in [0, 0.1) is 12.8 Å². The summed E-state index contributed by atoms with van der Waals surface area (Å²) < 4.78 is 5.02. The van der Waals surface area contributed by atoms with Gasteiger partial charge in [-0.25, -0.2) is 4.98 Å². The molecule has 1 heterocycles. The molecule has 0 saturated heterocycles. The van der Waals surface area contributed by atoms with Crippen LogP contribution in [-0.2, 0) is 16.1 Å². The third-order valence-electron chi connectivity index (χ3n) is 3.73. The fourth-order valence-corrected chi connectivity index (χ4v) is 3.52. The van der Waals surface area contributed by atoms with E-state index in [2.05, 4.69) is 10.3 Å². The number of nitrogens with one attached hydrogen (secondary N) is 1. The Hall–Kier alpha value is -1.47. The number of carbonyl (C=O) groups is 2. The first-order valence-corrected chi connectivity index (χ1v) is 7.81. The van der Waals surface area contributed by atoms with Gasteiger partial charge in [-0.2, -0.15) is 0 Å². The molecular formula is C14H20N2O4S. The third-order valence-corrected chi connectivity index (χ3v) is 4.86. The molecule has 0 radical (unpaired) electrons. The highest BCUT2D eigenvalue weighted by Gasteiger charge is 2.27. The van der Waals surface area contributed by atoms with E-state index in [1.807, 2.05) is 6.92 Å². The second kappa shape index (κ2) is 7.00. The molecule has 21 heavy (non-hydrogen) atoms. The van der Waals surface area contributed by atoms with Gasteiger partial charge >= 0.3 is 5.97 Å². The van der Waals surface area contributed by atoms with Crippen LogP contribution in [-0.4, -0.2) is 35.1 Å². The Kier molecular flexibility index (Phi) is 5.30. The number of aryl methyl sites for hydroxylation is 1. The van der Waals surface area contributed by atoms with Crippen molar-refractivity contribution in [3.8, 4) is 0 Å². The molecule has 116 valence electrons. The van der Waals surface area contributed by atoms with Gasteiger partial charge < -0.3 is 15.2 Å². The lowest BCUT2D eigenvalue weighted by Crippen LogP contribution is -2.38. The maximum absolute atomic E-state index is 12.3. The van der Waals surface area contributed by atoms with Crippen LogP contribution in [0.4, 0.5) is 0 Å². The number of rotatable bonds is 5. The van der Waals surface area contributed by atoms with Crippen LogP contribution in [0.3, 0.4) is 0 Å². The molecule has 1 aliphatic carbocycles. The summed E-state index contributed by atoms with van der Waals surface area (Å²) >= 11 is 1.34. The highest BCUT2D eigenvalue weighted by Crippen LogP contribution is 2.25. The fraction of sp³-hybridized carbons (Fsp3) is 0.643. The maximum Gasteiger partial charge on any atom is 0.306 e. The first-order valence-electron chi connectivity index (χ1n) is 7.00. The second-order valence-corrected chi connectivity index (χ2v) is 6.40. The summed E-state index contributed by atoms with van der Waals surface area (Å²) in [4.78, 5) is 28.1. The van der Waals surface area contributed by atoms with E-state index in [0.717, 1.165) is 5.01 Å². The molecule has 0 spiro atoms. The molecule has 1 aromatic heterocycles. The molecule has 2 N–H and O–H groups in total. The Balaban J connectivity index is 1.91. The Morgan fingerprint density at radius 2 is 2.05 bits per heavy atom. The lowest BCUT2D eigenvalue weighted by molar-refractivity contribution is -0.142. The van der Waals surface area contributed by atoms with Gasteiger partial charge in [-0.3, -0.25) is 9.59 Å². The van der Waals surface area contributed by atoms with E-state index in [9.17, 15) is 9.59 Å². The maximum atomic E-state index is 12.3. The Morgan fingerprint density at radius 1 is 1.38 bits per heavy atom. The standard InChI is InChI=1S/C14H20N2O4S/c1-8-12(21-11(15-8)7-20-2)13(17)16-10-5-3-9(4-6-10)14(18)19/h9-10H,3-7H2,1-2H3,(H,16,17)(H,18,19). The molecule has 1 saturated carbocycles. The van der Waals surface area contributed by atoms with E-state index in [1.165, 1.54) is 11.3 Å². The molecule has 2 rings (SSSR count). The van der Waals surface area contributed by atoms with Crippen LogP contribution in [0.15, 0.2) is 0 Å². The van der Waals surface area contributed by atoms with E-state index in [1.54, 1.807) is 7.11 Å². The van der Waals surface area contributed by atoms with Gasteiger partial charge in [0.1, 0.15) is 9.88 Å². The molecule has 1 amide bonds. The van der Waals surface area contributed by atoms with Crippen LogP contribution < -0.4 is 5.32 Å². The molecule has 0 bridgehead atoms. The number of aliphatic carboxylic acids is 1. The van der Waals surface area contributed by atoms with Crippen LogP contribution in [0.2, 0.25) is 0 Å². The molecule has 0 aromatic carbocycles. The van der Waals surface area contributed by atoms with Crippen molar-refractivity contribution in [3.05, 3.63) is 15.6 Å². The quantitative estimate of drug-likeness (QED) is 0.868. The smallest absolute Gasteiger partial charge is 0.306 e. The van der Waals surface area contributed by atoms with Crippen molar-refractivity contribution >= 4 is 23.2 Å². The summed E-state index contributed by atoms with van der Waals surface area (Å²) in [6.45, 7) is 2.22. The summed E-state index contributed by atoms with van der Waals surface area (Å²) in [5.74, 6) is -1.12. The summed E-state index contributed by atoms with van der Waals surface area (Å²) in [5, 5.41) is 12.7. The summed E-state index contributed by atoms with van der Waals surface area (Å²) in [6, 6.07) is 0.0560. The first-order chi connectivity index (χ1) is 10.0. The number of methoxy groups -OCH3 is 1. The minimum atomic E-state index is -0.734. The Labute approximate surface area is 127 Å². The van der Waals surface area contributed by atoms with Crippen molar-refractivity contribution in [2.75, 3.05) is 7.11 Å². The zero-order valence-corrected chi connectivity index (χ0v) is 13.0. The highest BCUT2D eigenvalue weighted by molar-refractivity contribution is 7.13. The molecule has 1 aliphatic rings. The van der Waals surface area contributed by atoms with Gasteiger partial charge in [-0.15, -0.1) is 11.3 Å². The molecule has 0 aliphatic heterocycles. The molecule has 1 aromatic rings. The lowest BCUT2D eigenvalue weighted by atomic mass is 9.86. The zero-order valence-electron chi connectivity index (χ0n) is 12.2. The molecule has 7 heteroatoms. The highest BCUT2D eigenvalue weighted by atomic mass is 32.1. The van der Waals surface area contributed by atoms with Gasteiger partial charge in [0.2, 0.25) is 0 Å². The number of thiazole rings is 1. The van der Waals surface area contributed by atoms with Crippen molar-refractivity contribution in [2.24, 2.45) is 5.92 Å². The number of carbonyl (C=O) groups excluding carboxylic acids is 1. The average molecular weight is 312 g/mol. The van der Waals surface area contributed by atoms with Crippen molar-refractivity contribution in [2.45, 2.75) is 45.3 Å². The van der Waals surface area contributed by atoms with Crippen molar-refractivity contribution in [1.29, 1.82) is 0 Å². The number of hydrogen-bond donors (Lipinski definition) is 2. The van der Waals surface area contributed by atoms with Gasteiger partial charge in [0.05, 0.1) is 18.2 Å². The first kappa shape index (κ1) is 15.9. The van der Waals surface area contributed by atoms with Crippen LogP contribution in [0.25, 0.3) is 0 Å². The van der Waals surface area contributed by atoms with E-state index in [-0.39, 0.29) is 17.9 Å². The fourth-order valence-electron chi connectivity index (χ4n) is 2.58. The van der Waals surface area contributed by atoms with Gasteiger partial charge in [-0.05, 0) is 32.6 Å². The van der Waals surface area contributed by atoms with E-state index in [4.69, 9.17) is 9.84 Å². The van der Waals surface area contributed by atoms with Crippen molar-refractivity contribution in [1.82, 2.24) is 10.3 Å². The summed E-state index contributed by atoms with van der Waals surface area (Å²) in [7, 11) is 1.59. The SMILES string of the molecule is COCc1nc(C)c(C(=O)NC2CCC(C(=O)O)CC2)s1. The van der Waals surface area contributed by atoms with E-state index < -0.39 is 5.97 Å². The van der Waals surface area contributed by atoms with E-state index in [0.29, 0.717) is 42.9 Å². The predicted molar refractivity (Wildman–Crippen MR) is 78.4 cm³/mol. The molecule has 1 fully saturated rings. The second-order valence-electron chi connectivity index (χ2n) is 5.32. The normalized spacial score (nSPS) is 22.0. The van der Waals surface area contributed by atoms with Gasteiger partial charge in [0.25, 0.3) is 5.91 Å². The number of nitrogens with zero attached hydrogens (tertiary/aromatic N) is 1. The monoisotopic (exact) mass is 312 g/mol. The third kappa shape index (κ3) is 4.01. The van der Waals surface area contributed by atoms with Crippen molar-refractivity contribution < 1.29 is 19.4 Å². The molecule has 6 nitrogen and oxygen atoms in total. The van der Waals surface area contributed by atoms with Crippen LogP contribution in [0.1, 0.15) is 46.1 Å². The number of carboxylic acids is 1. The van der Waals surface area contributed by atoms with Crippen molar-refractivity contribution in [3.63, 3.8) is 0 Å². The van der Waals surface area contributed by atoms with Crippen LogP contribution >= 0.6 is 11.3 Å². The molecular weight excluding hydrogens is 292 g/mol. The summed E-state index contributed by atoms with van der Waals surface area (Å²) in [6.07, 6.45) is 2.67. The Bertz CT molecular complexity index is 521. The number of hydrogen-bond acceptors (Lipinski definition) is 5. The number of aromatic nitrogens is 1. The van der Waals surface area contributed by atoms with Crippen LogP contribution in [0.5, 0.6) is 0 Å². The average Bonchev–Trinajstić information content (AvgIpc) is 2.81. The molecule has 0 unspecified atom stereocenters. The minimum absolute atomic E-state index is 0.0560. The Morgan fingerprint density at radius 3 is 2.62 bits per heavy atom. The number of amides is 1. The predicted octanol–water partition coefficient (Wildman–Crippen LogP) is 1.97. The van der Waals surface area contributed by atoms with Gasteiger partial charge in [-0.1, -0.05) is 0 Å². The largest absolute Gasteiger partial charge is 0.481 e. The summed E-state index contributed by atoms with van der Waals surface area (Å²) in [5.41, 5.74) is 0.712. The topological polar surface area (TPSA) is 88.5 Å². The lowest BCUT2D eigenvalue weighted by Gasteiger charge is -2.26. The minimum Gasteiger partial charge on any atom is -0.481 e. The van der Waals surface area contributed by atoms with E-state index >= 15 is 0 Å². The zero-order chi connectivity index (χ0) is 15.4.